The fraction of sp³-hybridized carbons (Fsp3) is 0.750. The molecule has 0 spiro atoms. The molecule has 1 aromatic heterocycles. The predicted molar refractivity (Wildman–Crippen MR) is 68.7 cm³/mol. The molecule has 2 heterocycles. The summed E-state index contributed by atoms with van der Waals surface area (Å²) in [4.78, 5) is 4.34. The van der Waals surface area contributed by atoms with Crippen LogP contribution in [0, 0.1) is 5.41 Å². The van der Waals surface area contributed by atoms with Crippen molar-refractivity contribution in [3.8, 4) is 0 Å². The van der Waals surface area contributed by atoms with Crippen LogP contribution in [0.1, 0.15) is 37.7 Å². The maximum absolute atomic E-state index is 4.34. The molecule has 2 unspecified atom stereocenters. The van der Waals surface area contributed by atoms with Crippen LogP contribution in [0.4, 0.5) is 0 Å². The van der Waals surface area contributed by atoms with Gasteiger partial charge in [0.2, 0.25) is 0 Å². The highest BCUT2D eigenvalue weighted by Gasteiger charge is 2.27. The molecule has 4 heteroatoms. The molecule has 16 heavy (non-hydrogen) atoms. The topological polar surface area (TPSA) is 37.0 Å². The van der Waals surface area contributed by atoms with Crippen LogP contribution in [-0.2, 0) is 0 Å². The third-order valence-corrected chi connectivity index (χ3v) is 4.30. The molecule has 1 aliphatic heterocycles. The molecule has 1 fully saturated rings. The van der Waals surface area contributed by atoms with E-state index in [-0.39, 0.29) is 0 Å². The molecule has 2 N–H and O–H groups in total. The van der Waals surface area contributed by atoms with Crippen LogP contribution in [0.5, 0.6) is 0 Å². The molecule has 3 nitrogen and oxygen atoms in total. The number of hydrogen-bond acceptors (Lipinski definition) is 4. The van der Waals surface area contributed by atoms with Crippen molar-refractivity contribution >= 4 is 11.3 Å². The molecule has 0 aliphatic carbocycles. The molecule has 0 radical (unpaired) electrons. The normalized spacial score (nSPS) is 27.9. The SMILES string of the molecule is CC(NCC1(C)CCCNC1)c1nccs1. The summed E-state index contributed by atoms with van der Waals surface area (Å²) < 4.78 is 0. The monoisotopic (exact) mass is 239 g/mol. The van der Waals surface area contributed by atoms with Crippen LogP contribution in [0.25, 0.3) is 0 Å². The van der Waals surface area contributed by atoms with Gasteiger partial charge in [-0.15, -0.1) is 11.3 Å². The molecule has 0 amide bonds. The number of nitrogens with zero attached hydrogens (tertiary/aromatic N) is 1. The van der Waals surface area contributed by atoms with Crippen LogP contribution >= 0.6 is 11.3 Å². The minimum absolute atomic E-state index is 0.374. The van der Waals surface area contributed by atoms with Gasteiger partial charge in [0.1, 0.15) is 5.01 Å². The Kier molecular flexibility index (Phi) is 3.95. The second-order valence-electron chi connectivity index (χ2n) is 5.06. The number of thiazole rings is 1. The standard InChI is InChI=1S/C12H21N3S/c1-10(11-14-6-7-16-11)15-9-12(2)4-3-5-13-8-12/h6-7,10,13,15H,3-5,8-9H2,1-2H3. The van der Waals surface area contributed by atoms with Gasteiger partial charge in [0.25, 0.3) is 0 Å². The van der Waals surface area contributed by atoms with E-state index in [1.165, 1.54) is 24.4 Å². The molecule has 90 valence electrons. The largest absolute Gasteiger partial charge is 0.316 e. The average Bonchev–Trinajstić information content (AvgIpc) is 2.80. The lowest BCUT2D eigenvalue weighted by molar-refractivity contribution is 0.220. The fourth-order valence-corrected chi connectivity index (χ4v) is 2.88. The predicted octanol–water partition coefficient (Wildman–Crippen LogP) is 2.18. The summed E-state index contributed by atoms with van der Waals surface area (Å²) in [6, 6.07) is 0.374. The Morgan fingerprint density at radius 2 is 2.56 bits per heavy atom. The lowest BCUT2D eigenvalue weighted by Gasteiger charge is -2.35. The number of rotatable bonds is 4. The second kappa shape index (κ2) is 5.25. The van der Waals surface area contributed by atoms with Gasteiger partial charge >= 0.3 is 0 Å². The lowest BCUT2D eigenvalue weighted by atomic mass is 9.82. The molecule has 0 bridgehead atoms. The van der Waals surface area contributed by atoms with Gasteiger partial charge in [0.15, 0.2) is 0 Å². The summed E-state index contributed by atoms with van der Waals surface area (Å²) in [5.41, 5.74) is 0.407. The zero-order chi connectivity index (χ0) is 11.4. The quantitative estimate of drug-likeness (QED) is 0.845. The summed E-state index contributed by atoms with van der Waals surface area (Å²) in [7, 11) is 0. The highest BCUT2D eigenvalue weighted by Crippen LogP contribution is 2.25. The molecule has 0 saturated carbocycles. The third-order valence-electron chi connectivity index (χ3n) is 3.34. The third kappa shape index (κ3) is 3.03. The van der Waals surface area contributed by atoms with E-state index in [0.717, 1.165) is 13.1 Å². The van der Waals surface area contributed by atoms with Gasteiger partial charge < -0.3 is 10.6 Å². The van der Waals surface area contributed by atoms with Gasteiger partial charge in [-0.05, 0) is 31.7 Å². The van der Waals surface area contributed by atoms with E-state index < -0.39 is 0 Å². The molecule has 2 atom stereocenters. The van der Waals surface area contributed by atoms with Gasteiger partial charge in [-0.1, -0.05) is 6.92 Å². The van der Waals surface area contributed by atoms with Gasteiger partial charge in [0.05, 0.1) is 6.04 Å². The van der Waals surface area contributed by atoms with Crippen molar-refractivity contribution in [3.63, 3.8) is 0 Å². The van der Waals surface area contributed by atoms with Crippen molar-refractivity contribution in [2.45, 2.75) is 32.7 Å². The van der Waals surface area contributed by atoms with Crippen LogP contribution in [-0.4, -0.2) is 24.6 Å². The lowest BCUT2D eigenvalue weighted by Crippen LogP contribution is -2.44. The summed E-state index contributed by atoms with van der Waals surface area (Å²) >= 11 is 1.73. The Bertz CT molecular complexity index is 304. The van der Waals surface area contributed by atoms with Gasteiger partial charge in [0, 0.05) is 24.7 Å². The Morgan fingerprint density at radius 1 is 1.69 bits per heavy atom. The van der Waals surface area contributed by atoms with Crippen LogP contribution in [0.3, 0.4) is 0 Å². The average molecular weight is 239 g/mol. The van der Waals surface area contributed by atoms with Gasteiger partial charge in [-0.3, -0.25) is 0 Å². The van der Waals surface area contributed by atoms with Crippen molar-refractivity contribution in [1.29, 1.82) is 0 Å². The van der Waals surface area contributed by atoms with Crippen molar-refractivity contribution in [1.82, 2.24) is 15.6 Å². The molecule has 0 aromatic carbocycles. The van der Waals surface area contributed by atoms with Crippen molar-refractivity contribution in [2.24, 2.45) is 5.41 Å². The fourth-order valence-electron chi connectivity index (χ4n) is 2.20. The van der Waals surface area contributed by atoms with E-state index in [1.54, 1.807) is 11.3 Å². The Labute approximate surface area is 102 Å². The summed E-state index contributed by atoms with van der Waals surface area (Å²) in [6.45, 7) is 7.93. The number of aromatic nitrogens is 1. The smallest absolute Gasteiger partial charge is 0.109 e. The molecule has 1 saturated heterocycles. The first-order valence-electron chi connectivity index (χ1n) is 6.03. The van der Waals surface area contributed by atoms with E-state index in [2.05, 4.69) is 29.5 Å². The van der Waals surface area contributed by atoms with Crippen LogP contribution in [0.15, 0.2) is 11.6 Å². The number of hydrogen-bond donors (Lipinski definition) is 2. The van der Waals surface area contributed by atoms with E-state index in [1.807, 2.05) is 11.6 Å². The van der Waals surface area contributed by atoms with E-state index >= 15 is 0 Å². The zero-order valence-corrected chi connectivity index (χ0v) is 10.9. The van der Waals surface area contributed by atoms with Crippen molar-refractivity contribution in [3.05, 3.63) is 16.6 Å². The minimum atomic E-state index is 0.374. The second-order valence-corrected chi connectivity index (χ2v) is 5.99. The molecule has 1 aromatic rings. The number of piperidine rings is 1. The first kappa shape index (κ1) is 12.0. The molecule has 1 aliphatic rings. The summed E-state index contributed by atoms with van der Waals surface area (Å²) in [6.07, 6.45) is 4.49. The van der Waals surface area contributed by atoms with E-state index in [0.29, 0.717) is 11.5 Å². The first-order chi connectivity index (χ1) is 7.70. The minimum Gasteiger partial charge on any atom is -0.316 e. The van der Waals surface area contributed by atoms with Crippen molar-refractivity contribution < 1.29 is 0 Å². The summed E-state index contributed by atoms with van der Waals surface area (Å²) in [5.74, 6) is 0. The highest BCUT2D eigenvalue weighted by atomic mass is 32.1. The Balaban J connectivity index is 1.82. The van der Waals surface area contributed by atoms with Crippen LogP contribution < -0.4 is 10.6 Å². The molecular weight excluding hydrogens is 218 g/mol. The van der Waals surface area contributed by atoms with Crippen molar-refractivity contribution in [2.75, 3.05) is 19.6 Å². The Hall–Kier alpha value is -0.450. The van der Waals surface area contributed by atoms with E-state index in [4.69, 9.17) is 0 Å². The first-order valence-corrected chi connectivity index (χ1v) is 6.91. The Morgan fingerprint density at radius 3 is 3.19 bits per heavy atom. The molecular formula is C12H21N3S. The van der Waals surface area contributed by atoms with Crippen LogP contribution in [0.2, 0.25) is 0 Å². The summed E-state index contributed by atoms with van der Waals surface area (Å²) in [5, 5.41) is 10.3. The maximum Gasteiger partial charge on any atom is 0.109 e. The zero-order valence-electron chi connectivity index (χ0n) is 10.1. The van der Waals surface area contributed by atoms with E-state index in [9.17, 15) is 0 Å². The number of nitrogens with one attached hydrogen (secondary N) is 2. The maximum atomic E-state index is 4.34. The van der Waals surface area contributed by atoms with Gasteiger partial charge in [-0.25, -0.2) is 4.98 Å². The molecule has 2 rings (SSSR count). The van der Waals surface area contributed by atoms with Gasteiger partial charge in [-0.2, -0.15) is 0 Å². The highest BCUT2D eigenvalue weighted by molar-refractivity contribution is 7.09.